The second-order valence-corrected chi connectivity index (χ2v) is 13.3. The van der Waals surface area contributed by atoms with Crippen LogP contribution in [-0.2, 0) is 20.0 Å². The molecule has 0 aliphatic rings. The van der Waals surface area contributed by atoms with Gasteiger partial charge >= 0.3 is 0 Å². The largest absolute Gasteiger partial charge is 0.321 e. The molecule has 0 unspecified atom stereocenters. The van der Waals surface area contributed by atoms with Gasteiger partial charge in [0.05, 0.1) is 20.4 Å². The number of hydrogen-bond acceptors (Lipinski definition) is 6. The first-order valence-corrected chi connectivity index (χ1v) is 15.2. The van der Waals surface area contributed by atoms with Crippen molar-refractivity contribution < 1.29 is 21.6 Å². The highest BCUT2D eigenvalue weighted by Gasteiger charge is 2.24. The van der Waals surface area contributed by atoms with E-state index in [1.807, 2.05) is 6.92 Å². The molecule has 0 saturated carbocycles. The summed E-state index contributed by atoms with van der Waals surface area (Å²) in [5, 5.41) is 3.53. The Hall–Kier alpha value is -3.25. The molecule has 4 aromatic rings. The van der Waals surface area contributed by atoms with Crippen molar-refractivity contribution in [3.8, 4) is 0 Å². The number of thiophene rings is 1. The third kappa shape index (κ3) is 5.40. The lowest BCUT2D eigenvalue weighted by molar-refractivity contribution is 0.103. The second-order valence-electron chi connectivity index (χ2n) is 8.45. The van der Waals surface area contributed by atoms with Gasteiger partial charge in [-0.05, 0) is 87.3 Å². The predicted octanol–water partition coefficient (Wildman–Crippen LogP) is 4.89. The molecule has 11 heteroatoms. The van der Waals surface area contributed by atoms with Crippen LogP contribution in [-0.4, -0.2) is 36.3 Å². The van der Waals surface area contributed by atoms with E-state index in [1.54, 1.807) is 68.4 Å². The Labute approximate surface area is 221 Å². The first-order valence-electron chi connectivity index (χ1n) is 11.4. The number of benzene rings is 3. The molecule has 0 fully saturated rings. The van der Waals surface area contributed by atoms with Gasteiger partial charge in [0.2, 0.25) is 10.0 Å². The molecule has 0 aliphatic carbocycles. The SMILES string of the molecule is CCN(c1ccc2sc(C(=O)Nc3cc(S(=O)(=O)NC)ccc3C)cc2c1)S(=O)(=O)c1ccc(C)cc1. The molecule has 1 heterocycles. The van der Waals surface area contributed by atoms with E-state index < -0.39 is 20.0 Å². The molecule has 0 radical (unpaired) electrons. The summed E-state index contributed by atoms with van der Waals surface area (Å²) in [6.07, 6.45) is 0. The van der Waals surface area contributed by atoms with Crippen molar-refractivity contribution in [2.45, 2.75) is 30.6 Å². The molecule has 1 aromatic heterocycles. The molecular formula is C26H27N3O5S3. The Morgan fingerprint density at radius 3 is 2.22 bits per heavy atom. The van der Waals surface area contributed by atoms with Crippen LogP contribution in [0.3, 0.4) is 0 Å². The van der Waals surface area contributed by atoms with Gasteiger partial charge in [0, 0.05) is 16.9 Å². The lowest BCUT2D eigenvalue weighted by Crippen LogP contribution is -2.30. The minimum absolute atomic E-state index is 0.0475. The molecule has 194 valence electrons. The number of carbonyl (C=O) groups is 1. The monoisotopic (exact) mass is 557 g/mol. The van der Waals surface area contributed by atoms with Crippen LogP contribution in [0, 0.1) is 13.8 Å². The normalized spacial score (nSPS) is 12.0. The molecule has 0 spiro atoms. The molecule has 37 heavy (non-hydrogen) atoms. The molecule has 0 bridgehead atoms. The van der Waals surface area contributed by atoms with Gasteiger partial charge in [-0.25, -0.2) is 21.6 Å². The Balaban J connectivity index is 1.64. The fourth-order valence-electron chi connectivity index (χ4n) is 3.83. The average Bonchev–Trinajstić information content (AvgIpc) is 3.29. The van der Waals surface area contributed by atoms with E-state index in [9.17, 15) is 21.6 Å². The van der Waals surface area contributed by atoms with Crippen molar-refractivity contribution in [3.05, 3.63) is 82.7 Å². The van der Waals surface area contributed by atoms with Gasteiger partial charge in [-0.3, -0.25) is 9.10 Å². The van der Waals surface area contributed by atoms with E-state index in [2.05, 4.69) is 10.0 Å². The highest BCUT2D eigenvalue weighted by Crippen LogP contribution is 2.32. The molecule has 0 saturated heterocycles. The highest BCUT2D eigenvalue weighted by atomic mass is 32.2. The minimum atomic E-state index is -3.76. The lowest BCUT2D eigenvalue weighted by atomic mass is 10.2. The molecule has 3 aromatic carbocycles. The maximum Gasteiger partial charge on any atom is 0.265 e. The molecule has 0 aliphatic heterocycles. The van der Waals surface area contributed by atoms with Crippen LogP contribution in [0.4, 0.5) is 11.4 Å². The molecule has 1 amide bonds. The third-order valence-corrected chi connectivity index (χ3v) is 10.4. The van der Waals surface area contributed by atoms with E-state index in [-0.39, 0.29) is 22.2 Å². The summed E-state index contributed by atoms with van der Waals surface area (Å²) in [6.45, 7) is 5.68. The fourth-order valence-corrected chi connectivity index (χ4v) is 6.99. The lowest BCUT2D eigenvalue weighted by Gasteiger charge is -2.23. The van der Waals surface area contributed by atoms with Crippen LogP contribution in [0.25, 0.3) is 10.1 Å². The van der Waals surface area contributed by atoms with Crippen molar-refractivity contribution in [1.29, 1.82) is 0 Å². The van der Waals surface area contributed by atoms with Crippen LogP contribution in [0.2, 0.25) is 0 Å². The zero-order chi connectivity index (χ0) is 27.0. The summed E-state index contributed by atoms with van der Waals surface area (Å²) in [6, 6.07) is 18.2. The van der Waals surface area contributed by atoms with Crippen molar-refractivity contribution >= 4 is 58.8 Å². The van der Waals surface area contributed by atoms with Gasteiger partial charge in [-0.1, -0.05) is 23.8 Å². The average molecular weight is 558 g/mol. The number of nitrogens with zero attached hydrogens (tertiary/aromatic N) is 1. The zero-order valence-electron chi connectivity index (χ0n) is 20.8. The molecule has 8 nitrogen and oxygen atoms in total. The van der Waals surface area contributed by atoms with Gasteiger partial charge in [-0.2, -0.15) is 0 Å². The summed E-state index contributed by atoms with van der Waals surface area (Å²) in [5.74, 6) is -0.385. The Morgan fingerprint density at radius 1 is 0.892 bits per heavy atom. The molecule has 4 rings (SSSR count). The van der Waals surface area contributed by atoms with Crippen LogP contribution < -0.4 is 14.3 Å². The Kier molecular flexibility index (Phi) is 7.43. The highest BCUT2D eigenvalue weighted by molar-refractivity contribution is 7.92. The topological polar surface area (TPSA) is 113 Å². The minimum Gasteiger partial charge on any atom is -0.321 e. The standard InChI is InChI=1S/C26H27N3O5S3/c1-5-29(37(33,34)21-10-6-17(2)7-11-21)20-9-13-24-19(14-20)15-25(35-24)26(30)28-23-16-22(12-8-18(23)3)36(31,32)27-4/h6-16,27H,5H2,1-4H3,(H,28,30). The van der Waals surface area contributed by atoms with E-state index in [1.165, 1.54) is 34.8 Å². The number of hydrogen-bond donors (Lipinski definition) is 2. The van der Waals surface area contributed by atoms with Crippen molar-refractivity contribution in [2.24, 2.45) is 0 Å². The maximum absolute atomic E-state index is 13.3. The number of aryl methyl sites for hydroxylation is 2. The van der Waals surface area contributed by atoms with E-state index >= 15 is 0 Å². The van der Waals surface area contributed by atoms with Gasteiger partial charge in [0.15, 0.2) is 0 Å². The van der Waals surface area contributed by atoms with E-state index in [0.29, 0.717) is 21.8 Å². The fraction of sp³-hybridized carbons (Fsp3) is 0.192. The van der Waals surface area contributed by atoms with Crippen LogP contribution >= 0.6 is 11.3 Å². The number of nitrogens with one attached hydrogen (secondary N) is 2. The van der Waals surface area contributed by atoms with Crippen LogP contribution in [0.1, 0.15) is 27.7 Å². The summed E-state index contributed by atoms with van der Waals surface area (Å²) in [5.41, 5.74) is 2.58. The Bertz CT molecular complexity index is 1690. The number of amides is 1. The molecule has 2 N–H and O–H groups in total. The van der Waals surface area contributed by atoms with Gasteiger partial charge in [-0.15, -0.1) is 11.3 Å². The predicted molar refractivity (Wildman–Crippen MR) is 149 cm³/mol. The molecular weight excluding hydrogens is 531 g/mol. The third-order valence-electron chi connectivity index (χ3n) is 5.94. The maximum atomic E-state index is 13.3. The number of anilines is 2. The summed E-state index contributed by atoms with van der Waals surface area (Å²) < 4.78 is 55.3. The Morgan fingerprint density at radius 2 is 1.57 bits per heavy atom. The summed E-state index contributed by atoms with van der Waals surface area (Å²) in [7, 11) is -6.10. The molecule has 0 atom stereocenters. The first kappa shape index (κ1) is 26.8. The first-order chi connectivity index (χ1) is 17.5. The van der Waals surface area contributed by atoms with Crippen LogP contribution in [0.5, 0.6) is 0 Å². The summed E-state index contributed by atoms with van der Waals surface area (Å²) >= 11 is 1.27. The van der Waals surface area contributed by atoms with E-state index in [0.717, 1.165) is 15.6 Å². The van der Waals surface area contributed by atoms with Crippen molar-refractivity contribution in [3.63, 3.8) is 0 Å². The number of fused-ring (bicyclic) bond motifs is 1. The quantitative estimate of drug-likeness (QED) is 0.320. The van der Waals surface area contributed by atoms with Crippen molar-refractivity contribution in [1.82, 2.24) is 4.72 Å². The van der Waals surface area contributed by atoms with Gasteiger partial charge in [0.1, 0.15) is 0 Å². The number of carbonyl (C=O) groups excluding carboxylic acids is 1. The van der Waals surface area contributed by atoms with E-state index in [4.69, 9.17) is 0 Å². The summed E-state index contributed by atoms with van der Waals surface area (Å²) in [4.78, 5) is 13.7. The van der Waals surface area contributed by atoms with Gasteiger partial charge in [0.25, 0.3) is 15.9 Å². The zero-order valence-corrected chi connectivity index (χ0v) is 23.2. The van der Waals surface area contributed by atoms with Gasteiger partial charge < -0.3 is 5.32 Å². The number of sulfonamides is 2. The smallest absolute Gasteiger partial charge is 0.265 e. The number of rotatable bonds is 8. The second kappa shape index (κ2) is 10.3. The van der Waals surface area contributed by atoms with Crippen LogP contribution in [0.15, 0.2) is 76.5 Å². The van der Waals surface area contributed by atoms with Crippen molar-refractivity contribution in [2.75, 3.05) is 23.2 Å².